The summed E-state index contributed by atoms with van der Waals surface area (Å²) in [4.78, 5) is 24.9. The molecule has 1 aromatic rings. The van der Waals surface area contributed by atoms with Gasteiger partial charge in [0.15, 0.2) is 0 Å². The Kier molecular flexibility index (Phi) is 6.64. The molecule has 0 N–H and O–H groups in total. The number of piperidine rings is 1. The first-order valence-electron chi connectivity index (χ1n) is 7.75. The van der Waals surface area contributed by atoms with Gasteiger partial charge in [-0.1, -0.05) is 5.92 Å². The number of rotatable bonds is 4. The van der Waals surface area contributed by atoms with E-state index < -0.39 is 0 Å². The summed E-state index contributed by atoms with van der Waals surface area (Å²) >= 11 is 0. The van der Waals surface area contributed by atoms with Gasteiger partial charge in [0.05, 0.1) is 20.3 Å². The highest BCUT2D eigenvalue weighted by Crippen LogP contribution is 2.14. The highest BCUT2D eigenvalue weighted by molar-refractivity contribution is 5.94. The summed E-state index contributed by atoms with van der Waals surface area (Å²) in [5, 5.41) is 0. The molecule has 1 aromatic carbocycles. The van der Waals surface area contributed by atoms with Crippen LogP contribution >= 0.6 is 0 Å². The Morgan fingerprint density at radius 1 is 1.17 bits per heavy atom. The molecule has 1 fully saturated rings. The van der Waals surface area contributed by atoms with Crippen LogP contribution in [0.5, 0.6) is 5.75 Å². The molecule has 0 spiro atoms. The van der Waals surface area contributed by atoms with Gasteiger partial charge in [-0.3, -0.25) is 4.79 Å². The van der Waals surface area contributed by atoms with Crippen LogP contribution in [0.1, 0.15) is 18.4 Å². The van der Waals surface area contributed by atoms with E-state index in [1.165, 1.54) is 7.11 Å². The van der Waals surface area contributed by atoms with Crippen molar-refractivity contribution in [3.63, 3.8) is 0 Å². The number of hydrogen-bond donors (Lipinski definition) is 0. The van der Waals surface area contributed by atoms with Gasteiger partial charge >= 0.3 is 5.97 Å². The summed E-state index contributed by atoms with van der Waals surface area (Å²) in [6.45, 7) is 1.09. The van der Waals surface area contributed by atoms with Crippen molar-refractivity contribution in [2.45, 2.75) is 18.9 Å². The highest BCUT2D eigenvalue weighted by Gasteiger charge is 2.22. The quantitative estimate of drug-likeness (QED) is 0.613. The van der Waals surface area contributed by atoms with Crippen molar-refractivity contribution >= 4 is 11.9 Å². The zero-order valence-corrected chi connectivity index (χ0v) is 13.9. The van der Waals surface area contributed by atoms with Crippen LogP contribution in [-0.2, 0) is 19.1 Å². The highest BCUT2D eigenvalue weighted by atomic mass is 16.6. The topological polar surface area (TPSA) is 65.1 Å². The van der Waals surface area contributed by atoms with E-state index in [1.54, 1.807) is 24.1 Å². The number of likely N-dealkylation sites (tertiary alicyclic amines) is 1. The lowest BCUT2D eigenvalue weighted by Gasteiger charge is -2.30. The number of benzene rings is 1. The van der Waals surface area contributed by atoms with Crippen LogP contribution in [0.15, 0.2) is 24.3 Å². The Morgan fingerprint density at radius 3 is 2.42 bits per heavy atom. The van der Waals surface area contributed by atoms with E-state index in [9.17, 15) is 9.59 Å². The molecule has 6 nitrogen and oxygen atoms in total. The van der Waals surface area contributed by atoms with Crippen molar-refractivity contribution in [2.75, 3.05) is 33.9 Å². The minimum atomic E-state index is -0.390. The van der Waals surface area contributed by atoms with Crippen LogP contribution < -0.4 is 4.74 Å². The molecule has 6 heteroatoms. The summed E-state index contributed by atoms with van der Waals surface area (Å²) < 4.78 is 15.1. The van der Waals surface area contributed by atoms with Crippen LogP contribution in [0.3, 0.4) is 0 Å². The minimum absolute atomic E-state index is 0.0253. The van der Waals surface area contributed by atoms with Gasteiger partial charge in [-0.15, -0.1) is 0 Å². The number of hydrogen-bond acceptors (Lipinski definition) is 5. The van der Waals surface area contributed by atoms with E-state index >= 15 is 0 Å². The first kappa shape index (κ1) is 17.8. The van der Waals surface area contributed by atoms with E-state index in [2.05, 4.69) is 16.6 Å². The molecule has 1 heterocycles. The van der Waals surface area contributed by atoms with Gasteiger partial charge < -0.3 is 19.1 Å². The lowest BCUT2D eigenvalue weighted by atomic mass is 10.1. The lowest BCUT2D eigenvalue weighted by molar-refractivity contribution is -0.149. The Balaban J connectivity index is 1.80. The third-order valence-electron chi connectivity index (χ3n) is 3.80. The molecule has 24 heavy (non-hydrogen) atoms. The van der Waals surface area contributed by atoms with E-state index in [0.717, 1.165) is 11.3 Å². The molecule has 128 valence electrons. The molecule has 1 amide bonds. The van der Waals surface area contributed by atoms with Crippen molar-refractivity contribution < 1.29 is 23.8 Å². The maximum absolute atomic E-state index is 12.1. The Labute approximate surface area is 141 Å². The normalized spacial score (nSPS) is 14.5. The molecule has 1 aliphatic heterocycles. The number of ether oxygens (including phenoxy) is 3. The van der Waals surface area contributed by atoms with Gasteiger partial charge in [0.2, 0.25) is 0 Å². The predicted molar refractivity (Wildman–Crippen MR) is 87.4 cm³/mol. The fourth-order valence-electron chi connectivity index (χ4n) is 2.35. The molecule has 0 atom stereocenters. The van der Waals surface area contributed by atoms with Crippen LogP contribution in [-0.4, -0.2) is 56.8 Å². The number of esters is 1. The minimum Gasteiger partial charge on any atom is -0.497 e. The summed E-state index contributed by atoms with van der Waals surface area (Å²) in [6, 6.07) is 7.23. The average Bonchev–Trinajstić information content (AvgIpc) is 2.64. The van der Waals surface area contributed by atoms with Crippen molar-refractivity contribution in [1.82, 2.24) is 4.90 Å². The van der Waals surface area contributed by atoms with E-state index in [1.807, 2.05) is 12.1 Å². The van der Waals surface area contributed by atoms with Crippen molar-refractivity contribution in [1.29, 1.82) is 0 Å². The largest absolute Gasteiger partial charge is 0.497 e. The maximum Gasteiger partial charge on any atom is 0.331 e. The molecular formula is C18H21NO5. The Bertz CT molecular complexity index is 621. The van der Waals surface area contributed by atoms with Gasteiger partial charge in [0.25, 0.3) is 5.91 Å². The second kappa shape index (κ2) is 8.94. The molecule has 0 unspecified atom stereocenters. The number of nitrogens with zero attached hydrogens (tertiary/aromatic N) is 1. The number of amides is 1. The molecule has 1 saturated heterocycles. The number of methoxy groups -OCH3 is 2. The molecule has 0 bridgehead atoms. The van der Waals surface area contributed by atoms with Crippen LogP contribution in [0.4, 0.5) is 0 Å². The van der Waals surface area contributed by atoms with Gasteiger partial charge in [0, 0.05) is 24.6 Å². The molecule has 1 aliphatic rings. The molecule has 0 aromatic heterocycles. The summed E-state index contributed by atoms with van der Waals surface area (Å²) in [7, 11) is 2.93. The Hall–Kier alpha value is -2.52. The van der Waals surface area contributed by atoms with E-state index in [4.69, 9.17) is 9.47 Å². The molecule has 2 rings (SSSR count). The molecule has 0 radical (unpaired) electrons. The fourth-order valence-corrected chi connectivity index (χ4v) is 2.35. The number of carbonyl (C=O) groups is 2. The van der Waals surface area contributed by atoms with Crippen molar-refractivity contribution in [3.8, 4) is 17.6 Å². The average molecular weight is 331 g/mol. The monoisotopic (exact) mass is 331 g/mol. The SMILES string of the molecule is COC(=O)COC1CCN(C(=O)C#Cc2ccc(OC)cc2)CC1. The van der Waals surface area contributed by atoms with E-state index in [-0.39, 0.29) is 24.6 Å². The van der Waals surface area contributed by atoms with Gasteiger partial charge in [-0.05, 0) is 37.1 Å². The Morgan fingerprint density at radius 2 is 1.83 bits per heavy atom. The zero-order valence-electron chi connectivity index (χ0n) is 13.9. The van der Waals surface area contributed by atoms with E-state index in [0.29, 0.717) is 25.9 Å². The fraction of sp³-hybridized carbons (Fsp3) is 0.444. The maximum atomic E-state index is 12.1. The predicted octanol–water partition coefficient (Wildman–Crippen LogP) is 1.23. The third kappa shape index (κ3) is 5.28. The molecule has 0 aliphatic carbocycles. The molecular weight excluding hydrogens is 310 g/mol. The second-order valence-corrected chi connectivity index (χ2v) is 5.36. The third-order valence-corrected chi connectivity index (χ3v) is 3.80. The van der Waals surface area contributed by atoms with Gasteiger partial charge in [0.1, 0.15) is 12.4 Å². The summed E-state index contributed by atoms with van der Waals surface area (Å²) in [5.74, 6) is 5.69. The second-order valence-electron chi connectivity index (χ2n) is 5.36. The zero-order chi connectivity index (χ0) is 17.4. The summed E-state index contributed by atoms with van der Waals surface area (Å²) in [5.41, 5.74) is 0.764. The number of carbonyl (C=O) groups excluding carboxylic acids is 2. The molecule has 0 saturated carbocycles. The van der Waals surface area contributed by atoms with Crippen molar-refractivity contribution in [3.05, 3.63) is 29.8 Å². The first-order valence-corrected chi connectivity index (χ1v) is 7.75. The van der Waals surface area contributed by atoms with Crippen LogP contribution in [0, 0.1) is 11.8 Å². The van der Waals surface area contributed by atoms with Gasteiger partial charge in [-0.25, -0.2) is 4.79 Å². The summed E-state index contributed by atoms with van der Waals surface area (Å²) in [6.07, 6.45) is 1.35. The first-order chi connectivity index (χ1) is 11.6. The van der Waals surface area contributed by atoms with Gasteiger partial charge in [-0.2, -0.15) is 0 Å². The lowest BCUT2D eigenvalue weighted by Crippen LogP contribution is -2.40. The van der Waals surface area contributed by atoms with Crippen LogP contribution in [0.25, 0.3) is 0 Å². The smallest absolute Gasteiger partial charge is 0.331 e. The standard InChI is InChI=1S/C18H21NO5/c1-22-15-6-3-14(4-7-15)5-8-17(20)19-11-9-16(10-12-19)24-13-18(21)23-2/h3-4,6-7,16H,9-13H2,1-2H3. The van der Waals surface area contributed by atoms with Crippen molar-refractivity contribution in [2.24, 2.45) is 0 Å². The van der Waals surface area contributed by atoms with Crippen LogP contribution in [0.2, 0.25) is 0 Å².